The predicted octanol–water partition coefficient (Wildman–Crippen LogP) is 3.67. The summed E-state index contributed by atoms with van der Waals surface area (Å²) in [5, 5.41) is 18.4. The lowest BCUT2D eigenvalue weighted by Gasteiger charge is -2.15. The zero-order valence-electron chi connectivity index (χ0n) is 12.4. The van der Waals surface area contributed by atoms with Crippen LogP contribution in [0.4, 0.5) is 4.39 Å². The Morgan fingerprint density at radius 3 is 2.67 bits per heavy atom. The van der Waals surface area contributed by atoms with E-state index in [4.69, 9.17) is 5.26 Å². The highest BCUT2D eigenvalue weighted by Gasteiger charge is 2.20. The van der Waals surface area contributed by atoms with E-state index in [-0.39, 0.29) is 29.5 Å². The van der Waals surface area contributed by atoms with Gasteiger partial charge in [0.25, 0.3) is 5.56 Å². The number of rotatable bonds is 4. The molecule has 5 nitrogen and oxygen atoms in total. The van der Waals surface area contributed by atoms with Gasteiger partial charge >= 0.3 is 5.97 Å². The van der Waals surface area contributed by atoms with Gasteiger partial charge in [0.05, 0.1) is 27.3 Å². The Morgan fingerprint density at radius 2 is 2.12 bits per heavy atom. The van der Waals surface area contributed by atoms with Gasteiger partial charge in [-0.2, -0.15) is 5.26 Å². The lowest BCUT2D eigenvalue weighted by Crippen LogP contribution is -2.27. The molecule has 0 unspecified atom stereocenters. The first-order chi connectivity index (χ1) is 11.3. The number of hydrogen-bond donors (Lipinski definition) is 1. The van der Waals surface area contributed by atoms with E-state index in [2.05, 4.69) is 15.9 Å². The van der Waals surface area contributed by atoms with Crippen molar-refractivity contribution in [3.8, 4) is 11.8 Å². The third kappa shape index (κ3) is 3.37. The number of halogens is 3. The van der Waals surface area contributed by atoms with Gasteiger partial charge in [-0.3, -0.25) is 9.36 Å². The number of benzene rings is 1. The number of aromatic carboxylic acids is 1. The van der Waals surface area contributed by atoms with Gasteiger partial charge in [-0.05, 0) is 62.6 Å². The Labute approximate surface area is 159 Å². The molecule has 0 aliphatic heterocycles. The highest BCUT2D eigenvalue weighted by molar-refractivity contribution is 14.1. The normalized spacial score (nSPS) is 10.5. The number of carboxylic acid groups (broad SMARTS) is 1. The number of aromatic nitrogens is 1. The van der Waals surface area contributed by atoms with Crippen LogP contribution in [0.1, 0.15) is 28.4 Å². The van der Waals surface area contributed by atoms with E-state index >= 15 is 0 Å². The molecule has 24 heavy (non-hydrogen) atoms. The van der Waals surface area contributed by atoms with Crippen molar-refractivity contribution in [2.75, 3.05) is 0 Å². The zero-order chi connectivity index (χ0) is 18.0. The van der Waals surface area contributed by atoms with Crippen LogP contribution in [0.5, 0.6) is 0 Å². The molecule has 2 rings (SSSR count). The molecule has 0 amide bonds. The summed E-state index contributed by atoms with van der Waals surface area (Å²) in [5.41, 5.74) is 0.297. The quantitative estimate of drug-likeness (QED) is 0.508. The van der Waals surface area contributed by atoms with Gasteiger partial charge in [0.15, 0.2) is 0 Å². The fraction of sp³-hybridized carbons (Fsp3) is 0.188. The Morgan fingerprint density at radius 1 is 1.46 bits per heavy atom. The fourth-order valence-electron chi connectivity index (χ4n) is 2.41. The monoisotopic (exact) mass is 504 g/mol. The van der Waals surface area contributed by atoms with Gasteiger partial charge in [0, 0.05) is 16.2 Å². The van der Waals surface area contributed by atoms with Gasteiger partial charge < -0.3 is 5.11 Å². The third-order valence-electron chi connectivity index (χ3n) is 3.51. The van der Waals surface area contributed by atoms with Crippen LogP contribution >= 0.6 is 38.5 Å². The number of carbonyl (C=O) groups is 1. The maximum Gasteiger partial charge on any atom is 0.337 e. The molecule has 0 saturated carbocycles. The molecule has 0 saturated heterocycles. The number of hydrogen-bond acceptors (Lipinski definition) is 3. The van der Waals surface area contributed by atoms with E-state index in [1.807, 2.05) is 6.07 Å². The van der Waals surface area contributed by atoms with E-state index in [0.29, 0.717) is 13.7 Å². The third-order valence-corrected chi connectivity index (χ3v) is 4.98. The Hall–Kier alpha value is -1.73. The first-order valence-electron chi connectivity index (χ1n) is 6.84. The second kappa shape index (κ2) is 7.44. The number of nitriles is 1. The van der Waals surface area contributed by atoms with Crippen LogP contribution in [-0.4, -0.2) is 15.6 Å². The van der Waals surface area contributed by atoms with Crippen molar-refractivity contribution in [3.63, 3.8) is 0 Å². The lowest BCUT2D eigenvalue weighted by molar-refractivity contribution is 0.0695. The van der Waals surface area contributed by atoms with Gasteiger partial charge in [0.2, 0.25) is 0 Å². The van der Waals surface area contributed by atoms with Crippen LogP contribution < -0.4 is 5.56 Å². The highest BCUT2D eigenvalue weighted by atomic mass is 127. The Kier molecular flexibility index (Phi) is 5.77. The maximum atomic E-state index is 13.6. The zero-order valence-corrected chi connectivity index (χ0v) is 16.2. The molecule has 0 aliphatic rings. The van der Waals surface area contributed by atoms with Crippen molar-refractivity contribution >= 4 is 44.5 Å². The summed E-state index contributed by atoms with van der Waals surface area (Å²) in [5.74, 6) is -1.67. The van der Waals surface area contributed by atoms with Crippen molar-refractivity contribution in [3.05, 3.63) is 59.2 Å². The summed E-state index contributed by atoms with van der Waals surface area (Å²) in [4.78, 5) is 24.3. The van der Waals surface area contributed by atoms with E-state index in [0.717, 1.165) is 0 Å². The lowest BCUT2D eigenvalue weighted by atomic mass is 9.99. The standard InChI is InChI=1S/C16H11BrFIN2O3/c1-2-8-9(3-4-20)10(16(23)24)7-21(15(8)22)14-6-13(19)12(18)5-11(14)17/h5-7H,2-3H2,1H3,(H,23,24). The van der Waals surface area contributed by atoms with Crippen molar-refractivity contribution < 1.29 is 14.3 Å². The maximum absolute atomic E-state index is 13.6. The van der Waals surface area contributed by atoms with Gasteiger partial charge in [-0.1, -0.05) is 6.92 Å². The van der Waals surface area contributed by atoms with Crippen molar-refractivity contribution in [1.29, 1.82) is 5.26 Å². The summed E-state index contributed by atoms with van der Waals surface area (Å²) < 4.78 is 15.4. The Bertz CT molecular complexity index is 934. The summed E-state index contributed by atoms with van der Waals surface area (Å²) in [6.07, 6.45) is 1.31. The molecule has 2 aromatic rings. The van der Waals surface area contributed by atoms with Crippen LogP contribution in [0.25, 0.3) is 5.69 Å². The average molecular weight is 505 g/mol. The molecule has 0 bridgehead atoms. The summed E-state index contributed by atoms with van der Waals surface area (Å²) in [6, 6.07) is 4.57. The molecular formula is C16H11BrFIN2O3. The number of pyridine rings is 1. The molecule has 0 spiro atoms. The summed E-state index contributed by atoms with van der Waals surface area (Å²) >= 11 is 5.00. The molecule has 8 heteroatoms. The average Bonchev–Trinajstić information content (AvgIpc) is 2.52. The largest absolute Gasteiger partial charge is 0.478 e. The topological polar surface area (TPSA) is 83.1 Å². The van der Waals surface area contributed by atoms with Crippen LogP contribution in [-0.2, 0) is 12.8 Å². The highest BCUT2D eigenvalue weighted by Crippen LogP contribution is 2.26. The molecule has 1 aromatic carbocycles. The van der Waals surface area contributed by atoms with Crippen molar-refractivity contribution in [2.45, 2.75) is 19.8 Å². The van der Waals surface area contributed by atoms with E-state index < -0.39 is 17.3 Å². The first kappa shape index (κ1) is 18.6. The van der Waals surface area contributed by atoms with Crippen molar-refractivity contribution in [2.24, 2.45) is 0 Å². The second-order valence-electron chi connectivity index (χ2n) is 4.89. The molecule has 0 atom stereocenters. The first-order valence-corrected chi connectivity index (χ1v) is 8.71. The summed E-state index contributed by atoms with van der Waals surface area (Å²) in [6.45, 7) is 1.72. The fourth-order valence-corrected chi connectivity index (χ4v) is 3.37. The van der Waals surface area contributed by atoms with Crippen LogP contribution in [0.2, 0.25) is 0 Å². The van der Waals surface area contributed by atoms with Gasteiger partial charge in [0.1, 0.15) is 5.82 Å². The SMILES string of the molecule is CCc1c(CC#N)c(C(=O)O)cn(-c2cc(I)c(F)cc2Br)c1=O. The summed E-state index contributed by atoms with van der Waals surface area (Å²) in [7, 11) is 0. The molecule has 0 radical (unpaired) electrons. The molecule has 124 valence electrons. The molecule has 1 aromatic heterocycles. The van der Waals surface area contributed by atoms with Crippen LogP contribution in [0.15, 0.2) is 27.6 Å². The molecular weight excluding hydrogens is 494 g/mol. The van der Waals surface area contributed by atoms with E-state index in [1.165, 1.54) is 22.9 Å². The second-order valence-corrected chi connectivity index (χ2v) is 6.90. The molecule has 0 aliphatic carbocycles. The minimum Gasteiger partial charge on any atom is -0.478 e. The minimum absolute atomic E-state index is 0.112. The minimum atomic E-state index is -1.23. The predicted molar refractivity (Wildman–Crippen MR) is 98.1 cm³/mol. The van der Waals surface area contributed by atoms with Gasteiger partial charge in [-0.15, -0.1) is 0 Å². The number of carboxylic acids is 1. The molecule has 1 N–H and O–H groups in total. The van der Waals surface area contributed by atoms with E-state index in [1.54, 1.807) is 29.5 Å². The van der Waals surface area contributed by atoms with Gasteiger partial charge in [-0.25, -0.2) is 9.18 Å². The smallest absolute Gasteiger partial charge is 0.337 e. The van der Waals surface area contributed by atoms with Crippen LogP contribution in [0.3, 0.4) is 0 Å². The number of nitrogens with zero attached hydrogens (tertiary/aromatic N) is 2. The molecule has 1 heterocycles. The Balaban J connectivity index is 2.89. The van der Waals surface area contributed by atoms with Crippen LogP contribution in [0, 0.1) is 20.7 Å². The van der Waals surface area contributed by atoms with E-state index in [9.17, 15) is 19.1 Å². The van der Waals surface area contributed by atoms with Crippen molar-refractivity contribution in [1.82, 2.24) is 4.57 Å². The molecule has 0 fully saturated rings.